The minimum atomic E-state index is -0.345. The maximum atomic E-state index is 12.5. The number of nitrogens with one attached hydrogen (secondary N) is 2. The number of carbonyl (C=O) groups excluding carboxylic acids is 2. The Labute approximate surface area is 185 Å². The van der Waals surface area contributed by atoms with Gasteiger partial charge in [-0.1, -0.05) is 41.6 Å². The molecule has 9 heteroatoms. The number of benzene rings is 2. The van der Waals surface area contributed by atoms with Gasteiger partial charge in [0.2, 0.25) is 5.91 Å². The fraction of sp³-hybridized carbons (Fsp3) is 0.273. The SMILES string of the molecule is COc1ccccc1NC(=O)CSc1nnc([C@@H](C)NC(=O)c2cccc(C)c2)n1C. The molecule has 0 radical (unpaired) electrons. The number of rotatable bonds is 8. The smallest absolute Gasteiger partial charge is 0.251 e. The zero-order valence-corrected chi connectivity index (χ0v) is 18.7. The number of hydrogen-bond donors (Lipinski definition) is 2. The third-order valence-electron chi connectivity index (χ3n) is 4.60. The molecule has 2 N–H and O–H groups in total. The van der Waals surface area contributed by atoms with Crippen LogP contribution in [0, 0.1) is 6.92 Å². The van der Waals surface area contributed by atoms with E-state index in [2.05, 4.69) is 20.8 Å². The molecule has 3 rings (SSSR count). The lowest BCUT2D eigenvalue weighted by atomic mass is 10.1. The number of ether oxygens (including phenoxy) is 1. The van der Waals surface area contributed by atoms with Crippen LogP contribution in [-0.2, 0) is 11.8 Å². The second kappa shape index (κ2) is 10.1. The van der Waals surface area contributed by atoms with Crippen molar-refractivity contribution in [1.29, 1.82) is 0 Å². The summed E-state index contributed by atoms with van der Waals surface area (Å²) in [7, 11) is 3.37. The number of methoxy groups -OCH3 is 1. The van der Waals surface area contributed by atoms with Crippen LogP contribution < -0.4 is 15.4 Å². The van der Waals surface area contributed by atoms with Gasteiger partial charge in [0.05, 0.1) is 24.6 Å². The quantitative estimate of drug-likeness (QED) is 0.523. The Bertz CT molecular complexity index is 1080. The number of carbonyl (C=O) groups is 2. The first-order valence-corrected chi connectivity index (χ1v) is 10.7. The molecule has 162 valence electrons. The molecule has 1 atom stereocenters. The molecule has 0 saturated carbocycles. The summed E-state index contributed by atoms with van der Waals surface area (Å²) in [6, 6.07) is 14.3. The van der Waals surface area contributed by atoms with Crippen LogP contribution in [-0.4, -0.2) is 39.4 Å². The van der Waals surface area contributed by atoms with Gasteiger partial charge in [-0.25, -0.2) is 0 Å². The van der Waals surface area contributed by atoms with Gasteiger partial charge in [0.25, 0.3) is 5.91 Å². The first-order valence-electron chi connectivity index (χ1n) is 9.71. The predicted molar refractivity (Wildman–Crippen MR) is 120 cm³/mol. The van der Waals surface area contributed by atoms with E-state index in [1.54, 1.807) is 29.9 Å². The second-order valence-electron chi connectivity index (χ2n) is 7.00. The van der Waals surface area contributed by atoms with Crippen molar-refractivity contribution in [1.82, 2.24) is 20.1 Å². The van der Waals surface area contributed by atoms with Crippen LogP contribution >= 0.6 is 11.8 Å². The number of nitrogens with zero attached hydrogens (tertiary/aromatic N) is 3. The van der Waals surface area contributed by atoms with Gasteiger partial charge in [-0.05, 0) is 38.1 Å². The normalized spacial score (nSPS) is 11.6. The topological polar surface area (TPSA) is 98.1 Å². The molecule has 0 aliphatic carbocycles. The van der Waals surface area contributed by atoms with Crippen molar-refractivity contribution in [2.75, 3.05) is 18.2 Å². The van der Waals surface area contributed by atoms with Gasteiger partial charge in [0.15, 0.2) is 11.0 Å². The summed E-state index contributed by atoms with van der Waals surface area (Å²) in [5.41, 5.74) is 2.22. The minimum Gasteiger partial charge on any atom is -0.495 e. The molecule has 0 fully saturated rings. The van der Waals surface area contributed by atoms with E-state index in [4.69, 9.17) is 4.74 Å². The van der Waals surface area contributed by atoms with Crippen LogP contribution in [0.2, 0.25) is 0 Å². The second-order valence-corrected chi connectivity index (χ2v) is 7.94. The molecule has 0 unspecified atom stereocenters. The van der Waals surface area contributed by atoms with E-state index in [0.29, 0.717) is 28.0 Å². The Morgan fingerprint density at radius 1 is 1.16 bits per heavy atom. The number of aryl methyl sites for hydroxylation is 1. The first-order chi connectivity index (χ1) is 14.9. The van der Waals surface area contributed by atoms with Gasteiger partial charge in [-0.2, -0.15) is 0 Å². The van der Waals surface area contributed by atoms with Gasteiger partial charge in [-0.3, -0.25) is 9.59 Å². The van der Waals surface area contributed by atoms with Gasteiger partial charge in [0, 0.05) is 12.6 Å². The van der Waals surface area contributed by atoms with E-state index in [1.807, 2.05) is 51.2 Å². The summed E-state index contributed by atoms with van der Waals surface area (Å²) in [6.07, 6.45) is 0. The molecule has 1 heterocycles. The van der Waals surface area contributed by atoms with E-state index in [0.717, 1.165) is 5.56 Å². The summed E-state index contributed by atoms with van der Waals surface area (Å²) in [5.74, 6) is 1.01. The molecule has 2 aromatic carbocycles. The molecule has 3 aromatic rings. The van der Waals surface area contributed by atoms with Crippen molar-refractivity contribution in [2.45, 2.75) is 25.0 Å². The van der Waals surface area contributed by atoms with Gasteiger partial charge >= 0.3 is 0 Å². The van der Waals surface area contributed by atoms with E-state index in [1.165, 1.54) is 11.8 Å². The van der Waals surface area contributed by atoms with Crippen LogP contribution in [0.3, 0.4) is 0 Å². The van der Waals surface area contributed by atoms with Crippen molar-refractivity contribution in [3.63, 3.8) is 0 Å². The van der Waals surface area contributed by atoms with Gasteiger partial charge < -0.3 is 19.9 Å². The fourth-order valence-electron chi connectivity index (χ4n) is 3.02. The maximum Gasteiger partial charge on any atom is 0.251 e. The Kier molecular flexibility index (Phi) is 7.30. The van der Waals surface area contributed by atoms with Crippen LogP contribution in [0.1, 0.15) is 34.7 Å². The highest BCUT2D eigenvalue weighted by Gasteiger charge is 2.19. The van der Waals surface area contributed by atoms with Crippen molar-refractivity contribution in [2.24, 2.45) is 7.05 Å². The third-order valence-corrected chi connectivity index (χ3v) is 5.62. The third kappa shape index (κ3) is 5.64. The van der Waals surface area contributed by atoms with E-state index < -0.39 is 0 Å². The number of para-hydroxylation sites is 2. The number of anilines is 1. The highest BCUT2D eigenvalue weighted by molar-refractivity contribution is 7.99. The lowest BCUT2D eigenvalue weighted by molar-refractivity contribution is -0.113. The summed E-state index contributed by atoms with van der Waals surface area (Å²) < 4.78 is 7.03. The molecule has 0 bridgehead atoms. The molecule has 0 spiro atoms. The summed E-state index contributed by atoms with van der Waals surface area (Å²) in [5, 5.41) is 14.7. The van der Waals surface area contributed by atoms with E-state index in [-0.39, 0.29) is 23.6 Å². The molecule has 1 aromatic heterocycles. The molecule has 8 nitrogen and oxygen atoms in total. The minimum absolute atomic E-state index is 0.161. The van der Waals surface area contributed by atoms with E-state index in [9.17, 15) is 9.59 Å². The first kappa shape index (κ1) is 22.4. The number of amides is 2. The number of aromatic nitrogens is 3. The number of hydrogen-bond acceptors (Lipinski definition) is 6. The predicted octanol–water partition coefficient (Wildman–Crippen LogP) is 3.35. The molecular formula is C22H25N5O3S. The fourth-order valence-corrected chi connectivity index (χ4v) is 3.74. The zero-order chi connectivity index (χ0) is 22.4. The Hall–Kier alpha value is -3.33. The van der Waals surface area contributed by atoms with Crippen LogP contribution in [0.5, 0.6) is 5.75 Å². The van der Waals surface area contributed by atoms with Crippen molar-refractivity contribution in [3.05, 3.63) is 65.5 Å². The average molecular weight is 440 g/mol. The van der Waals surface area contributed by atoms with Crippen LogP contribution in [0.4, 0.5) is 5.69 Å². The van der Waals surface area contributed by atoms with Crippen LogP contribution in [0.15, 0.2) is 53.7 Å². The zero-order valence-electron chi connectivity index (χ0n) is 17.9. The van der Waals surface area contributed by atoms with Crippen LogP contribution in [0.25, 0.3) is 0 Å². The molecule has 31 heavy (non-hydrogen) atoms. The Morgan fingerprint density at radius 3 is 2.68 bits per heavy atom. The Balaban J connectivity index is 1.59. The molecule has 0 saturated heterocycles. The largest absolute Gasteiger partial charge is 0.495 e. The van der Waals surface area contributed by atoms with Crippen molar-refractivity contribution >= 4 is 29.3 Å². The standard InChI is InChI=1S/C22H25N5O3S/c1-14-8-7-9-16(12-14)21(29)23-15(2)20-25-26-22(27(20)3)31-13-19(28)24-17-10-5-6-11-18(17)30-4/h5-12,15H,13H2,1-4H3,(H,23,29)(H,24,28)/t15-/m1/s1. The van der Waals surface area contributed by atoms with Crippen molar-refractivity contribution in [3.8, 4) is 5.75 Å². The highest BCUT2D eigenvalue weighted by atomic mass is 32.2. The number of thioether (sulfide) groups is 1. The summed E-state index contributed by atoms with van der Waals surface area (Å²) in [4.78, 5) is 24.8. The molecule has 0 aliphatic rings. The maximum absolute atomic E-state index is 12.5. The lowest BCUT2D eigenvalue weighted by Gasteiger charge is -2.14. The highest BCUT2D eigenvalue weighted by Crippen LogP contribution is 2.24. The van der Waals surface area contributed by atoms with Crippen molar-refractivity contribution < 1.29 is 14.3 Å². The molecular weight excluding hydrogens is 414 g/mol. The van der Waals surface area contributed by atoms with Gasteiger partial charge in [-0.15, -0.1) is 10.2 Å². The summed E-state index contributed by atoms with van der Waals surface area (Å²) >= 11 is 1.27. The van der Waals surface area contributed by atoms with E-state index >= 15 is 0 Å². The monoisotopic (exact) mass is 439 g/mol. The average Bonchev–Trinajstić information content (AvgIpc) is 3.13. The molecule has 0 aliphatic heterocycles. The van der Waals surface area contributed by atoms with Gasteiger partial charge in [0.1, 0.15) is 5.75 Å². The molecule has 2 amide bonds. The summed E-state index contributed by atoms with van der Waals surface area (Å²) in [6.45, 7) is 3.79. The lowest BCUT2D eigenvalue weighted by Crippen LogP contribution is -2.28. The Morgan fingerprint density at radius 2 is 1.94 bits per heavy atom.